The molecule has 47 heavy (non-hydrogen) atoms. The van der Waals surface area contributed by atoms with Gasteiger partial charge < -0.3 is 0 Å². The molecule has 1 aliphatic heterocycles. The molecule has 9 rings (SSSR count). The molecule has 0 fully saturated rings. The summed E-state index contributed by atoms with van der Waals surface area (Å²) in [7, 11) is -1.96. The van der Waals surface area contributed by atoms with Crippen LogP contribution >= 0.6 is 0 Å². The van der Waals surface area contributed by atoms with Crippen LogP contribution in [-0.4, -0.2) is 23.0 Å². The topological polar surface area (TPSA) is 38.7 Å². The molecule has 0 unspecified atom stereocenters. The summed E-state index contributed by atoms with van der Waals surface area (Å²) in [6, 6.07) is 54.0. The van der Waals surface area contributed by atoms with Crippen molar-refractivity contribution >= 4 is 40.0 Å². The highest BCUT2D eigenvalue weighted by molar-refractivity contribution is 7.04. The molecular weight excluding hydrogens is 587 g/mol. The van der Waals surface area contributed by atoms with Crippen LogP contribution in [0.4, 0.5) is 0 Å². The fourth-order valence-corrected chi connectivity index (χ4v) is 10.4. The summed E-state index contributed by atoms with van der Waals surface area (Å²) in [5.74, 6) is 2.05. The van der Waals surface area contributed by atoms with E-state index < -0.39 is 8.07 Å². The lowest BCUT2D eigenvalue weighted by Gasteiger charge is -2.19. The molecule has 0 radical (unpaired) electrons. The minimum absolute atomic E-state index is 0.674. The van der Waals surface area contributed by atoms with Crippen molar-refractivity contribution < 1.29 is 0 Å². The van der Waals surface area contributed by atoms with E-state index in [0.29, 0.717) is 17.5 Å². The number of fused-ring (bicyclic) bond motifs is 5. The average molecular weight is 618 g/mol. The molecule has 0 aliphatic carbocycles. The van der Waals surface area contributed by atoms with Gasteiger partial charge in [-0.25, -0.2) is 15.0 Å². The van der Waals surface area contributed by atoms with Crippen LogP contribution in [0.3, 0.4) is 0 Å². The monoisotopic (exact) mass is 617 g/mol. The summed E-state index contributed by atoms with van der Waals surface area (Å²) in [4.78, 5) is 15.6. The van der Waals surface area contributed by atoms with Crippen LogP contribution < -0.4 is 10.4 Å². The van der Waals surface area contributed by atoms with Gasteiger partial charge in [-0.1, -0.05) is 153 Å². The Morgan fingerprint density at radius 3 is 1.66 bits per heavy atom. The smallest absolute Gasteiger partial charge is 0.164 e. The van der Waals surface area contributed by atoms with Gasteiger partial charge in [-0.2, -0.15) is 0 Å². The first-order valence-corrected chi connectivity index (χ1v) is 19.1. The van der Waals surface area contributed by atoms with E-state index in [-0.39, 0.29) is 0 Å². The molecule has 0 atom stereocenters. The average Bonchev–Trinajstić information content (AvgIpc) is 3.36. The Bertz CT molecular complexity index is 2490. The van der Waals surface area contributed by atoms with E-state index in [1.54, 1.807) is 0 Å². The van der Waals surface area contributed by atoms with E-state index in [1.807, 2.05) is 18.2 Å². The number of aromatic nitrogens is 3. The summed E-state index contributed by atoms with van der Waals surface area (Å²) in [5, 5.41) is 7.74. The summed E-state index contributed by atoms with van der Waals surface area (Å²) in [6.07, 6.45) is 0. The Morgan fingerprint density at radius 1 is 0.383 bits per heavy atom. The van der Waals surface area contributed by atoms with E-state index in [0.717, 1.165) is 22.1 Å². The number of nitrogens with zero attached hydrogens (tertiary/aromatic N) is 3. The predicted molar refractivity (Wildman–Crippen MR) is 199 cm³/mol. The Balaban J connectivity index is 1.31. The van der Waals surface area contributed by atoms with Gasteiger partial charge >= 0.3 is 0 Å². The Hall–Kier alpha value is -5.71. The van der Waals surface area contributed by atoms with Crippen LogP contribution in [0.15, 0.2) is 152 Å². The zero-order valence-corrected chi connectivity index (χ0v) is 27.3. The lowest BCUT2D eigenvalue weighted by atomic mass is 9.94. The third kappa shape index (κ3) is 4.44. The zero-order valence-electron chi connectivity index (χ0n) is 26.3. The number of rotatable bonds is 4. The Morgan fingerprint density at radius 2 is 0.936 bits per heavy atom. The molecule has 0 spiro atoms. The van der Waals surface area contributed by atoms with Crippen molar-refractivity contribution in [3.63, 3.8) is 0 Å². The van der Waals surface area contributed by atoms with Gasteiger partial charge in [0.15, 0.2) is 17.5 Å². The van der Waals surface area contributed by atoms with Gasteiger partial charge in [0.25, 0.3) is 0 Å². The van der Waals surface area contributed by atoms with E-state index in [2.05, 4.69) is 147 Å². The minimum atomic E-state index is -1.96. The first-order chi connectivity index (χ1) is 23.1. The molecule has 1 aliphatic rings. The van der Waals surface area contributed by atoms with E-state index in [4.69, 9.17) is 15.0 Å². The second kappa shape index (κ2) is 10.7. The summed E-state index contributed by atoms with van der Waals surface area (Å²) >= 11 is 0. The van der Waals surface area contributed by atoms with Gasteiger partial charge in [0.2, 0.25) is 0 Å². The molecule has 0 bridgehead atoms. The fourth-order valence-electron chi connectivity index (χ4n) is 7.36. The highest BCUT2D eigenvalue weighted by Crippen LogP contribution is 2.39. The van der Waals surface area contributed by atoms with Gasteiger partial charge in [0, 0.05) is 16.7 Å². The highest BCUT2D eigenvalue weighted by Gasteiger charge is 2.39. The van der Waals surface area contributed by atoms with Crippen molar-refractivity contribution in [1.29, 1.82) is 0 Å². The molecule has 0 amide bonds. The second-order valence-corrected chi connectivity index (χ2v) is 17.2. The number of hydrogen-bond acceptors (Lipinski definition) is 3. The molecule has 8 aromatic rings. The summed E-state index contributed by atoms with van der Waals surface area (Å²) in [5.41, 5.74) is 7.99. The maximum Gasteiger partial charge on any atom is 0.164 e. The quantitative estimate of drug-likeness (QED) is 0.185. The van der Waals surface area contributed by atoms with Crippen molar-refractivity contribution in [2.24, 2.45) is 0 Å². The second-order valence-electron chi connectivity index (χ2n) is 12.8. The Kier molecular flexibility index (Phi) is 6.27. The fraction of sp³-hybridized carbons (Fsp3) is 0.0465. The third-order valence-electron chi connectivity index (χ3n) is 9.72. The van der Waals surface area contributed by atoms with E-state index in [1.165, 1.54) is 48.8 Å². The van der Waals surface area contributed by atoms with Crippen molar-refractivity contribution in [3.8, 4) is 56.4 Å². The molecule has 222 valence electrons. The molecular formula is C43H31N3Si. The van der Waals surface area contributed by atoms with E-state index >= 15 is 0 Å². The standard InChI is InChI=1S/C43H31N3Si/c1-47(2)38-23-13-22-36(40(38)37-26-30-18-9-10-19-31(30)27-39(37)47)43-45-41(29-16-7-4-8-17-29)44-42(46-43)35-25-24-32(28-14-5-3-6-15-28)33-20-11-12-21-34(33)35/h3-27H,1-2H3. The summed E-state index contributed by atoms with van der Waals surface area (Å²) in [6.45, 7) is 4.93. The van der Waals surface area contributed by atoms with Crippen molar-refractivity contribution in [2.75, 3.05) is 0 Å². The van der Waals surface area contributed by atoms with Crippen LogP contribution in [0.1, 0.15) is 0 Å². The number of benzene rings is 7. The predicted octanol–water partition coefficient (Wildman–Crippen LogP) is 9.65. The van der Waals surface area contributed by atoms with Crippen LogP contribution in [-0.2, 0) is 0 Å². The molecule has 1 aromatic heterocycles. The Labute approximate surface area is 275 Å². The molecule has 0 N–H and O–H groups in total. The molecule has 0 saturated carbocycles. The maximum absolute atomic E-state index is 5.31. The normalized spacial score (nSPS) is 13.1. The third-order valence-corrected chi connectivity index (χ3v) is 13.2. The first-order valence-electron chi connectivity index (χ1n) is 16.1. The van der Waals surface area contributed by atoms with Crippen molar-refractivity contribution in [2.45, 2.75) is 13.1 Å². The van der Waals surface area contributed by atoms with Crippen LogP contribution in [0.25, 0.3) is 78.0 Å². The van der Waals surface area contributed by atoms with Gasteiger partial charge in [-0.15, -0.1) is 0 Å². The van der Waals surface area contributed by atoms with E-state index in [9.17, 15) is 0 Å². The molecule has 4 heteroatoms. The number of hydrogen-bond donors (Lipinski definition) is 0. The molecule has 0 saturated heterocycles. The molecule has 7 aromatic carbocycles. The lowest BCUT2D eigenvalue weighted by molar-refractivity contribution is 1.08. The van der Waals surface area contributed by atoms with Crippen molar-refractivity contribution in [1.82, 2.24) is 15.0 Å². The van der Waals surface area contributed by atoms with Gasteiger partial charge in [0.05, 0.1) is 0 Å². The van der Waals surface area contributed by atoms with Crippen LogP contribution in [0, 0.1) is 0 Å². The van der Waals surface area contributed by atoms with Gasteiger partial charge in [0.1, 0.15) is 8.07 Å². The largest absolute Gasteiger partial charge is 0.208 e. The first kappa shape index (κ1) is 27.6. The van der Waals surface area contributed by atoms with Gasteiger partial charge in [-0.3, -0.25) is 0 Å². The zero-order chi connectivity index (χ0) is 31.5. The lowest BCUT2D eigenvalue weighted by Crippen LogP contribution is -2.49. The molecule has 3 nitrogen and oxygen atoms in total. The molecule has 2 heterocycles. The minimum Gasteiger partial charge on any atom is -0.208 e. The SMILES string of the molecule is C[Si]1(C)c2cc3ccccc3cc2-c2c(-c3nc(-c4ccccc4)nc(-c4ccc(-c5ccccc5)c5ccccc45)n3)cccc21. The van der Waals surface area contributed by atoms with Crippen LogP contribution in [0.5, 0.6) is 0 Å². The highest BCUT2D eigenvalue weighted by atomic mass is 28.3. The summed E-state index contributed by atoms with van der Waals surface area (Å²) < 4.78 is 0. The van der Waals surface area contributed by atoms with Crippen LogP contribution in [0.2, 0.25) is 13.1 Å². The maximum atomic E-state index is 5.31. The van der Waals surface area contributed by atoms with Crippen molar-refractivity contribution in [3.05, 3.63) is 152 Å². The van der Waals surface area contributed by atoms with Gasteiger partial charge in [-0.05, 0) is 66.3 Å².